The van der Waals surface area contributed by atoms with Gasteiger partial charge in [-0.25, -0.2) is 15.0 Å². The average molecular weight is 581 g/mol. The molecule has 2 aromatic carbocycles. The first-order chi connectivity index (χ1) is 20.6. The third-order valence-corrected chi connectivity index (χ3v) is 9.27. The van der Waals surface area contributed by atoms with Gasteiger partial charge in [0.1, 0.15) is 28.9 Å². The highest BCUT2D eigenvalue weighted by Crippen LogP contribution is 2.30. The minimum absolute atomic E-state index is 0.0593. The minimum atomic E-state index is -0.140. The van der Waals surface area contributed by atoms with E-state index in [0.717, 1.165) is 66.2 Å². The van der Waals surface area contributed by atoms with Crippen molar-refractivity contribution >= 4 is 44.3 Å². The Balaban J connectivity index is 1.16. The quantitative estimate of drug-likeness (QED) is 0.273. The fourth-order valence-corrected chi connectivity index (χ4v) is 6.87. The predicted molar refractivity (Wildman–Crippen MR) is 162 cm³/mol. The van der Waals surface area contributed by atoms with Crippen LogP contribution in [0, 0.1) is 0 Å². The number of piperidine rings is 2. The number of H-pyrrole nitrogens is 1. The monoisotopic (exact) mass is 580 g/mol. The van der Waals surface area contributed by atoms with E-state index in [4.69, 9.17) is 9.72 Å². The first-order valence-electron chi connectivity index (χ1n) is 14.6. The summed E-state index contributed by atoms with van der Waals surface area (Å²) in [6, 6.07) is 15.3. The van der Waals surface area contributed by atoms with E-state index in [1.165, 1.54) is 0 Å². The molecule has 7 rings (SSSR count). The maximum absolute atomic E-state index is 13.8. The van der Waals surface area contributed by atoms with E-state index in [0.29, 0.717) is 53.5 Å². The number of hydrogen-bond donors (Lipinski definition) is 1. The van der Waals surface area contributed by atoms with Crippen LogP contribution in [-0.2, 0) is 6.61 Å². The molecule has 0 unspecified atom stereocenters. The first kappa shape index (κ1) is 26.6. The molecule has 0 bridgehead atoms. The molecule has 1 N–H and O–H groups in total. The van der Waals surface area contributed by atoms with Gasteiger partial charge in [-0.15, -0.1) is 11.3 Å². The zero-order valence-corrected chi connectivity index (χ0v) is 24.1. The summed E-state index contributed by atoms with van der Waals surface area (Å²) < 4.78 is 7.26. The van der Waals surface area contributed by atoms with Gasteiger partial charge in [-0.2, -0.15) is 0 Å². The molecule has 0 atom stereocenters. The van der Waals surface area contributed by atoms with Gasteiger partial charge in [0.2, 0.25) is 0 Å². The van der Waals surface area contributed by atoms with Crippen LogP contribution >= 0.6 is 11.3 Å². The Bertz CT molecular complexity index is 1700. The number of rotatable bonds is 6. The zero-order valence-electron chi connectivity index (χ0n) is 23.3. The van der Waals surface area contributed by atoms with Gasteiger partial charge >= 0.3 is 0 Å². The van der Waals surface area contributed by atoms with Gasteiger partial charge in [-0.05, 0) is 68.5 Å². The molecule has 42 heavy (non-hydrogen) atoms. The lowest BCUT2D eigenvalue weighted by Crippen LogP contribution is -2.39. The van der Waals surface area contributed by atoms with Crippen molar-refractivity contribution in [2.45, 2.75) is 44.6 Å². The molecular formula is C32H32N6O3S. The number of ether oxygens (including phenoxy) is 1. The van der Waals surface area contributed by atoms with E-state index in [-0.39, 0.29) is 11.8 Å². The summed E-state index contributed by atoms with van der Waals surface area (Å²) in [6.07, 6.45) is 8.38. The number of carbonyl (C=O) groups is 2. The summed E-state index contributed by atoms with van der Waals surface area (Å²) in [5.74, 6) is 1.72. The number of aromatic nitrogens is 4. The van der Waals surface area contributed by atoms with Crippen molar-refractivity contribution < 1.29 is 14.3 Å². The number of nitrogens with zero attached hydrogens (tertiary/aromatic N) is 5. The van der Waals surface area contributed by atoms with Gasteiger partial charge in [0.25, 0.3) is 11.8 Å². The maximum Gasteiger partial charge on any atom is 0.272 e. The van der Waals surface area contributed by atoms with Crippen molar-refractivity contribution in [2.75, 3.05) is 26.2 Å². The SMILES string of the molecule is O=C(c1cc(C(=O)N2CCCCC2)c2cc(OCc3nc4ccccc4s3)ccc2n1)N1CCC(c2ncc[nH]2)CC1. The van der Waals surface area contributed by atoms with E-state index in [1.807, 2.05) is 52.4 Å². The van der Waals surface area contributed by atoms with Crippen LogP contribution in [0.25, 0.3) is 21.1 Å². The Hall–Kier alpha value is -4.31. The number of benzene rings is 2. The fraction of sp³-hybridized carbons (Fsp3) is 0.344. The molecule has 2 amide bonds. The number of likely N-dealkylation sites (tertiary alicyclic amines) is 2. The lowest BCUT2D eigenvalue weighted by atomic mass is 9.95. The molecule has 2 saturated heterocycles. The molecular weight excluding hydrogens is 548 g/mol. The molecule has 0 radical (unpaired) electrons. The van der Waals surface area contributed by atoms with E-state index in [1.54, 1.807) is 23.6 Å². The lowest BCUT2D eigenvalue weighted by molar-refractivity contribution is 0.0705. The number of nitrogens with one attached hydrogen (secondary N) is 1. The summed E-state index contributed by atoms with van der Waals surface area (Å²) in [5, 5.41) is 1.58. The fourth-order valence-electron chi connectivity index (χ4n) is 5.99. The highest BCUT2D eigenvalue weighted by molar-refractivity contribution is 7.18. The second kappa shape index (κ2) is 11.5. The van der Waals surface area contributed by atoms with Crippen LogP contribution in [0.5, 0.6) is 5.75 Å². The number of hydrogen-bond acceptors (Lipinski definition) is 7. The van der Waals surface area contributed by atoms with Gasteiger partial charge in [0.15, 0.2) is 0 Å². The van der Waals surface area contributed by atoms with Crippen molar-refractivity contribution in [2.24, 2.45) is 0 Å². The van der Waals surface area contributed by atoms with Crippen molar-refractivity contribution in [3.63, 3.8) is 0 Å². The maximum atomic E-state index is 13.8. The standard InChI is InChI=1S/C32H32N6O3S/c39-31(37-14-4-1-5-15-37)24-19-27(32(40)38-16-10-21(11-17-38)30-33-12-13-34-30)35-25-9-8-22(18-23(24)25)41-20-29-36-26-6-2-3-7-28(26)42-29/h2-3,6-9,12-13,18-19,21H,1,4-5,10-11,14-17,20H2,(H,33,34). The summed E-state index contributed by atoms with van der Waals surface area (Å²) in [6.45, 7) is 3.02. The average Bonchev–Trinajstić information content (AvgIpc) is 3.74. The molecule has 0 saturated carbocycles. The smallest absolute Gasteiger partial charge is 0.272 e. The van der Waals surface area contributed by atoms with Crippen LogP contribution in [0.4, 0.5) is 0 Å². The van der Waals surface area contributed by atoms with Crippen LogP contribution in [0.15, 0.2) is 60.9 Å². The van der Waals surface area contributed by atoms with E-state index in [9.17, 15) is 9.59 Å². The number of fused-ring (bicyclic) bond motifs is 2. The molecule has 10 heteroatoms. The highest BCUT2D eigenvalue weighted by Gasteiger charge is 2.28. The molecule has 5 heterocycles. The number of amides is 2. The predicted octanol–water partition coefficient (Wildman–Crippen LogP) is 5.79. The first-order valence-corrected chi connectivity index (χ1v) is 15.4. The van der Waals surface area contributed by atoms with Gasteiger partial charge in [0, 0.05) is 49.9 Å². The number of para-hydroxylation sites is 1. The van der Waals surface area contributed by atoms with E-state index >= 15 is 0 Å². The Labute approximate surface area is 247 Å². The third-order valence-electron chi connectivity index (χ3n) is 8.26. The Kier molecular flexibility index (Phi) is 7.29. The molecule has 2 fully saturated rings. The van der Waals surface area contributed by atoms with Gasteiger partial charge in [0.05, 0.1) is 21.3 Å². The molecule has 0 aliphatic carbocycles. The van der Waals surface area contributed by atoms with Crippen LogP contribution in [0.3, 0.4) is 0 Å². The number of pyridine rings is 1. The lowest BCUT2D eigenvalue weighted by Gasteiger charge is -2.31. The van der Waals surface area contributed by atoms with Gasteiger partial charge in [-0.3, -0.25) is 9.59 Å². The number of carbonyl (C=O) groups excluding carboxylic acids is 2. The van der Waals surface area contributed by atoms with Crippen LogP contribution in [-0.4, -0.2) is 67.7 Å². The molecule has 9 nitrogen and oxygen atoms in total. The molecule has 2 aliphatic heterocycles. The highest BCUT2D eigenvalue weighted by atomic mass is 32.1. The molecule has 2 aliphatic rings. The van der Waals surface area contributed by atoms with Crippen LogP contribution in [0.1, 0.15) is 69.7 Å². The molecule has 214 valence electrons. The van der Waals surface area contributed by atoms with Crippen LogP contribution < -0.4 is 4.74 Å². The topological polar surface area (TPSA) is 104 Å². The Morgan fingerprint density at radius 1 is 0.905 bits per heavy atom. The summed E-state index contributed by atoms with van der Waals surface area (Å²) >= 11 is 1.61. The summed E-state index contributed by atoms with van der Waals surface area (Å²) in [4.78, 5) is 48.3. The molecule has 3 aromatic heterocycles. The van der Waals surface area contributed by atoms with E-state index < -0.39 is 0 Å². The summed E-state index contributed by atoms with van der Waals surface area (Å²) in [5.41, 5.74) is 2.38. The van der Waals surface area contributed by atoms with E-state index in [2.05, 4.69) is 21.0 Å². The Morgan fingerprint density at radius 3 is 2.50 bits per heavy atom. The molecule has 0 spiro atoms. The number of thiazole rings is 1. The Morgan fingerprint density at radius 2 is 1.71 bits per heavy atom. The van der Waals surface area contributed by atoms with Crippen molar-refractivity contribution in [3.8, 4) is 5.75 Å². The third kappa shape index (κ3) is 5.34. The normalized spacial score (nSPS) is 16.3. The second-order valence-electron chi connectivity index (χ2n) is 11.0. The van der Waals surface area contributed by atoms with Crippen molar-refractivity contribution in [3.05, 3.63) is 83.0 Å². The molecule has 5 aromatic rings. The van der Waals surface area contributed by atoms with Gasteiger partial charge in [-0.1, -0.05) is 12.1 Å². The minimum Gasteiger partial charge on any atom is -0.486 e. The van der Waals surface area contributed by atoms with Crippen molar-refractivity contribution in [1.29, 1.82) is 0 Å². The number of imidazole rings is 1. The second-order valence-corrected chi connectivity index (χ2v) is 12.1. The summed E-state index contributed by atoms with van der Waals surface area (Å²) in [7, 11) is 0. The van der Waals surface area contributed by atoms with Crippen molar-refractivity contribution in [1.82, 2.24) is 29.7 Å². The van der Waals surface area contributed by atoms with Gasteiger partial charge < -0.3 is 19.5 Å². The number of aromatic amines is 1. The largest absolute Gasteiger partial charge is 0.486 e. The zero-order chi connectivity index (χ0) is 28.5. The van der Waals surface area contributed by atoms with Crippen LogP contribution in [0.2, 0.25) is 0 Å².